The number of amides is 1. The van der Waals surface area contributed by atoms with Crippen LogP contribution >= 0.6 is 11.3 Å². The van der Waals surface area contributed by atoms with E-state index in [1.807, 2.05) is 30.8 Å². The van der Waals surface area contributed by atoms with Crippen molar-refractivity contribution in [1.29, 1.82) is 0 Å². The van der Waals surface area contributed by atoms with E-state index in [4.69, 9.17) is 0 Å². The van der Waals surface area contributed by atoms with Crippen LogP contribution < -0.4 is 5.32 Å². The lowest BCUT2D eigenvalue weighted by molar-refractivity contribution is 0.101. The number of anilines is 1. The van der Waals surface area contributed by atoms with E-state index in [0.29, 0.717) is 23.4 Å². The maximum absolute atomic E-state index is 13.4. The fraction of sp³-hybridized carbons (Fsp3) is 0.217. The monoisotopic (exact) mass is 450 g/mol. The fourth-order valence-corrected chi connectivity index (χ4v) is 4.04. The predicted molar refractivity (Wildman–Crippen MR) is 124 cm³/mol. The Labute approximate surface area is 189 Å². The molecule has 4 aromatic heterocycles. The smallest absolute Gasteiger partial charge is 0.274 e. The van der Waals surface area contributed by atoms with Gasteiger partial charge in [-0.05, 0) is 62.8 Å². The number of hydrogen-bond donors (Lipinski definition) is 1. The number of hydrogen-bond acceptors (Lipinski definition) is 5. The van der Waals surface area contributed by atoms with Gasteiger partial charge in [-0.2, -0.15) is 4.39 Å². The van der Waals surface area contributed by atoms with Gasteiger partial charge in [0.15, 0.2) is 5.13 Å². The molecule has 9 heteroatoms. The zero-order valence-corrected chi connectivity index (χ0v) is 18.8. The minimum Gasteiger partial charge on any atom is -0.339 e. The Kier molecular flexibility index (Phi) is 6.27. The lowest BCUT2D eigenvalue weighted by Gasteiger charge is -2.09. The first-order chi connectivity index (χ1) is 15.4. The second-order valence-electron chi connectivity index (χ2n) is 7.59. The third kappa shape index (κ3) is 4.83. The van der Waals surface area contributed by atoms with E-state index in [1.54, 1.807) is 29.0 Å². The zero-order valence-electron chi connectivity index (χ0n) is 18.0. The first-order valence-electron chi connectivity index (χ1n) is 10.1. The van der Waals surface area contributed by atoms with Gasteiger partial charge in [-0.1, -0.05) is 0 Å². The van der Waals surface area contributed by atoms with Crippen LogP contribution in [0.1, 0.15) is 53.0 Å². The van der Waals surface area contributed by atoms with Crippen LogP contribution in [0.4, 0.5) is 9.52 Å². The SMILES string of the molecule is Cc1c(C=Cc2csc(NC(=O)c3cccn3Cc3ccnc(F)c3)n2)ncn1C(C)C. The number of nitrogens with one attached hydrogen (secondary N) is 1. The van der Waals surface area contributed by atoms with Crippen molar-refractivity contribution in [2.24, 2.45) is 0 Å². The van der Waals surface area contributed by atoms with Gasteiger partial charge < -0.3 is 9.13 Å². The summed E-state index contributed by atoms with van der Waals surface area (Å²) in [5.74, 6) is -0.823. The predicted octanol–water partition coefficient (Wildman–Crippen LogP) is 5.04. The van der Waals surface area contributed by atoms with Gasteiger partial charge in [-0.3, -0.25) is 10.1 Å². The van der Waals surface area contributed by atoms with Gasteiger partial charge in [0.1, 0.15) is 5.69 Å². The summed E-state index contributed by atoms with van der Waals surface area (Å²) >= 11 is 1.35. The molecule has 1 N–H and O–H groups in total. The average molecular weight is 451 g/mol. The average Bonchev–Trinajstić information content (AvgIpc) is 3.47. The summed E-state index contributed by atoms with van der Waals surface area (Å²) in [6, 6.07) is 6.92. The molecule has 0 fully saturated rings. The van der Waals surface area contributed by atoms with Crippen molar-refractivity contribution < 1.29 is 9.18 Å². The molecule has 32 heavy (non-hydrogen) atoms. The summed E-state index contributed by atoms with van der Waals surface area (Å²) in [7, 11) is 0. The van der Waals surface area contributed by atoms with E-state index in [2.05, 4.69) is 38.7 Å². The number of carbonyl (C=O) groups is 1. The molecule has 0 atom stereocenters. The molecule has 4 aromatic rings. The Morgan fingerprint density at radius 2 is 2.12 bits per heavy atom. The molecule has 0 radical (unpaired) electrons. The number of carbonyl (C=O) groups excluding carboxylic acids is 1. The third-order valence-electron chi connectivity index (χ3n) is 5.00. The summed E-state index contributed by atoms with van der Waals surface area (Å²) in [5, 5.41) is 5.21. The van der Waals surface area contributed by atoms with Gasteiger partial charge in [0.25, 0.3) is 5.91 Å². The number of nitrogens with zero attached hydrogens (tertiary/aromatic N) is 5. The molecular weight excluding hydrogens is 427 g/mol. The topological polar surface area (TPSA) is 77.6 Å². The van der Waals surface area contributed by atoms with E-state index >= 15 is 0 Å². The number of thiazole rings is 1. The van der Waals surface area contributed by atoms with Crippen molar-refractivity contribution in [3.8, 4) is 0 Å². The second kappa shape index (κ2) is 9.27. The van der Waals surface area contributed by atoms with Crippen molar-refractivity contribution in [2.75, 3.05) is 5.32 Å². The number of aromatic nitrogens is 5. The normalized spacial score (nSPS) is 11.5. The lowest BCUT2D eigenvalue weighted by Crippen LogP contribution is -2.17. The molecule has 0 spiro atoms. The van der Waals surface area contributed by atoms with Crippen LogP contribution in [0, 0.1) is 12.9 Å². The van der Waals surface area contributed by atoms with E-state index < -0.39 is 5.95 Å². The van der Waals surface area contributed by atoms with E-state index in [-0.39, 0.29) is 5.91 Å². The van der Waals surface area contributed by atoms with Gasteiger partial charge in [0.05, 0.1) is 17.7 Å². The van der Waals surface area contributed by atoms with Crippen LogP contribution in [0.3, 0.4) is 0 Å². The molecule has 0 bridgehead atoms. The first kappa shape index (κ1) is 21.6. The molecule has 7 nitrogen and oxygen atoms in total. The quantitative estimate of drug-likeness (QED) is 0.400. The molecule has 0 aliphatic rings. The molecule has 4 rings (SSSR count). The maximum atomic E-state index is 13.4. The van der Waals surface area contributed by atoms with Gasteiger partial charge in [0, 0.05) is 36.1 Å². The highest BCUT2D eigenvalue weighted by Gasteiger charge is 2.14. The number of pyridine rings is 1. The van der Waals surface area contributed by atoms with Crippen molar-refractivity contribution in [3.63, 3.8) is 0 Å². The van der Waals surface area contributed by atoms with Gasteiger partial charge in [0.2, 0.25) is 5.95 Å². The molecule has 0 saturated heterocycles. The largest absolute Gasteiger partial charge is 0.339 e. The summed E-state index contributed by atoms with van der Waals surface area (Å²) < 4.78 is 17.2. The summed E-state index contributed by atoms with van der Waals surface area (Å²) in [6.45, 7) is 6.63. The molecule has 164 valence electrons. The second-order valence-corrected chi connectivity index (χ2v) is 8.45. The fourth-order valence-electron chi connectivity index (χ4n) is 3.36. The standard InChI is InChI=1S/C23H23FN6OS/c1-15(2)30-14-26-19(16(30)3)7-6-18-13-32-23(27-18)28-22(31)20-5-4-10-29(20)12-17-8-9-25-21(24)11-17/h4-11,13-15H,12H2,1-3H3,(H,27,28,31). The third-order valence-corrected chi connectivity index (χ3v) is 5.77. The minimum atomic E-state index is -0.546. The first-order valence-corrected chi connectivity index (χ1v) is 11.0. The van der Waals surface area contributed by atoms with Crippen LogP contribution in [-0.2, 0) is 6.54 Å². The Balaban J connectivity index is 1.43. The van der Waals surface area contributed by atoms with E-state index in [1.165, 1.54) is 23.6 Å². The molecule has 0 unspecified atom stereocenters. The molecule has 4 heterocycles. The van der Waals surface area contributed by atoms with E-state index in [0.717, 1.165) is 22.6 Å². The van der Waals surface area contributed by atoms with Crippen LogP contribution in [0.5, 0.6) is 0 Å². The van der Waals surface area contributed by atoms with Crippen molar-refractivity contribution in [2.45, 2.75) is 33.4 Å². The molecule has 0 aromatic carbocycles. The Hall–Kier alpha value is -3.59. The van der Waals surface area contributed by atoms with Gasteiger partial charge in [-0.25, -0.2) is 15.0 Å². The number of rotatable bonds is 7. The lowest BCUT2D eigenvalue weighted by atomic mass is 10.2. The summed E-state index contributed by atoms with van der Waals surface area (Å²) in [4.78, 5) is 25.2. The highest BCUT2D eigenvalue weighted by atomic mass is 32.1. The zero-order chi connectivity index (χ0) is 22.7. The molecular formula is C23H23FN6OS. The maximum Gasteiger partial charge on any atom is 0.274 e. The van der Waals surface area contributed by atoms with Crippen molar-refractivity contribution >= 4 is 34.5 Å². The van der Waals surface area contributed by atoms with Crippen LogP contribution in [0.15, 0.2) is 48.4 Å². The summed E-state index contributed by atoms with van der Waals surface area (Å²) in [5.41, 5.74) is 3.91. The summed E-state index contributed by atoms with van der Waals surface area (Å²) in [6.07, 6.45) is 8.83. The van der Waals surface area contributed by atoms with Crippen molar-refractivity contribution in [3.05, 3.63) is 82.7 Å². The minimum absolute atomic E-state index is 0.277. The number of imidazole rings is 1. The Morgan fingerprint density at radius 1 is 1.28 bits per heavy atom. The van der Waals surface area contributed by atoms with Crippen LogP contribution in [0.2, 0.25) is 0 Å². The van der Waals surface area contributed by atoms with E-state index in [9.17, 15) is 9.18 Å². The molecule has 0 aliphatic carbocycles. The molecule has 1 amide bonds. The molecule has 0 saturated carbocycles. The van der Waals surface area contributed by atoms with Gasteiger partial charge >= 0.3 is 0 Å². The highest BCUT2D eigenvalue weighted by molar-refractivity contribution is 7.14. The number of halogens is 1. The van der Waals surface area contributed by atoms with Crippen LogP contribution in [0.25, 0.3) is 12.2 Å². The van der Waals surface area contributed by atoms with Crippen molar-refractivity contribution in [1.82, 2.24) is 24.1 Å². The Morgan fingerprint density at radius 3 is 2.88 bits per heavy atom. The Bertz CT molecular complexity index is 1270. The van der Waals surface area contributed by atoms with Gasteiger partial charge in [-0.15, -0.1) is 11.3 Å². The highest BCUT2D eigenvalue weighted by Crippen LogP contribution is 2.20. The van der Waals surface area contributed by atoms with Crippen LogP contribution in [-0.4, -0.2) is 30.0 Å². The molecule has 0 aliphatic heterocycles.